The number of furan rings is 1. The Bertz CT molecular complexity index is 1170. The predicted octanol–water partition coefficient (Wildman–Crippen LogP) is 2.60. The summed E-state index contributed by atoms with van der Waals surface area (Å²) in [5.74, 6) is 0.524. The van der Waals surface area contributed by atoms with E-state index in [1.54, 1.807) is 21.6 Å². The quantitative estimate of drug-likeness (QED) is 0.546. The monoisotopic (exact) mass is 364 g/mol. The van der Waals surface area contributed by atoms with Gasteiger partial charge in [-0.1, -0.05) is 18.2 Å². The van der Waals surface area contributed by atoms with Gasteiger partial charge in [0.25, 0.3) is 0 Å². The van der Waals surface area contributed by atoms with Gasteiger partial charge in [-0.3, -0.25) is 4.79 Å². The maximum Gasteiger partial charge on any atom is 0.351 e. The van der Waals surface area contributed by atoms with Gasteiger partial charge in [-0.2, -0.15) is 0 Å². The van der Waals surface area contributed by atoms with E-state index in [4.69, 9.17) is 4.42 Å². The molecule has 138 valence electrons. The minimum Gasteiger partial charge on any atom is -0.467 e. The number of rotatable bonds is 5. The molecule has 27 heavy (non-hydrogen) atoms. The van der Waals surface area contributed by atoms with Crippen LogP contribution in [0.2, 0.25) is 0 Å². The van der Waals surface area contributed by atoms with Crippen molar-refractivity contribution in [2.75, 3.05) is 6.54 Å². The summed E-state index contributed by atoms with van der Waals surface area (Å²) in [7, 11) is 0. The third-order valence-electron chi connectivity index (χ3n) is 4.69. The average molecular weight is 364 g/mol. The molecule has 0 aliphatic carbocycles. The minimum absolute atomic E-state index is 0.108. The van der Waals surface area contributed by atoms with Crippen LogP contribution in [-0.4, -0.2) is 31.5 Å². The number of carbonyl (C=O) groups excluding carboxylic acids is 1. The fourth-order valence-electron chi connectivity index (χ4n) is 3.29. The number of benzene rings is 1. The van der Waals surface area contributed by atoms with E-state index in [0.29, 0.717) is 24.5 Å². The highest BCUT2D eigenvalue weighted by Gasteiger charge is 2.18. The topological polar surface area (TPSA) is 72.8 Å². The summed E-state index contributed by atoms with van der Waals surface area (Å²) in [6.45, 7) is 4.58. The van der Waals surface area contributed by atoms with E-state index >= 15 is 0 Å². The largest absolute Gasteiger partial charge is 0.467 e. The Kier molecular flexibility index (Phi) is 4.27. The van der Waals surface area contributed by atoms with Crippen molar-refractivity contribution >= 4 is 22.5 Å². The third kappa shape index (κ3) is 3.01. The zero-order valence-corrected chi connectivity index (χ0v) is 15.3. The normalized spacial score (nSPS) is 11.3. The SMILES string of the molecule is CCN(Cc1ccco1)C(=O)Cn1nc2c(C)cc3ccccc3n2c1=O. The summed E-state index contributed by atoms with van der Waals surface area (Å²) in [5, 5.41) is 5.37. The molecule has 7 heteroatoms. The zero-order chi connectivity index (χ0) is 19.0. The molecule has 0 fully saturated rings. The summed E-state index contributed by atoms with van der Waals surface area (Å²) in [4.78, 5) is 27.3. The lowest BCUT2D eigenvalue weighted by molar-refractivity contribution is -0.132. The molecular weight excluding hydrogens is 344 g/mol. The molecule has 0 spiro atoms. The van der Waals surface area contributed by atoms with E-state index in [0.717, 1.165) is 16.5 Å². The average Bonchev–Trinajstić information content (AvgIpc) is 3.29. The molecule has 0 radical (unpaired) electrons. The van der Waals surface area contributed by atoms with Crippen molar-refractivity contribution in [3.8, 4) is 0 Å². The van der Waals surface area contributed by atoms with Gasteiger partial charge in [-0.05, 0) is 49.1 Å². The molecule has 0 N–H and O–H groups in total. The molecule has 0 saturated heterocycles. The first-order valence-corrected chi connectivity index (χ1v) is 8.86. The molecule has 4 aromatic rings. The van der Waals surface area contributed by atoms with Crippen molar-refractivity contribution in [1.82, 2.24) is 19.1 Å². The lowest BCUT2D eigenvalue weighted by atomic mass is 10.1. The molecule has 3 heterocycles. The third-order valence-corrected chi connectivity index (χ3v) is 4.69. The number of nitrogens with zero attached hydrogens (tertiary/aromatic N) is 4. The molecule has 0 aliphatic heterocycles. The molecule has 1 aromatic carbocycles. The van der Waals surface area contributed by atoms with Crippen molar-refractivity contribution in [1.29, 1.82) is 0 Å². The van der Waals surface area contributed by atoms with E-state index in [9.17, 15) is 9.59 Å². The molecule has 7 nitrogen and oxygen atoms in total. The Labute approximate surface area is 155 Å². The maximum absolute atomic E-state index is 12.9. The standard InChI is InChI=1S/C20H20N4O3/c1-3-22(12-16-8-6-10-27-16)18(25)13-23-20(26)24-17-9-5-4-7-15(17)11-14(2)19(24)21-23/h4-11H,3,12-13H2,1-2H3. The number of pyridine rings is 1. The van der Waals surface area contributed by atoms with Crippen LogP contribution >= 0.6 is 0 Å². The summed E-state index contributed by atoms with van der Waals surface area (Å²) >= 11 is 0. The summed E-state index contributed by atoms with van der Waals surface area (Å²) < 4.78 is 8.13. The van der Waals surface area contributed by atoms with Gasteiger partial charge in [0, 0.05) is 6.54 Å². The molecule has 0 aliphatic rings. The second-order valence-electron chi connectivity index (χ2n) is 6.47. The second kappa shape index (κ2) is 6.75. The van der Waals surface area contributed by atoms with Crippen LogP contribution < -0.4 is 5.69 Å². The first kappa shape index (κ1) is 17.1. The van der Waals surface area contributed by atoms with Crippen LogP contribution in [-0.2, 0) is 17.9 Å². The van der Waals surface area contributed by atoms with Crippen LogP contribution in [0.4, 0.5) is 0 Å². The maximum atomic E-state index is 12.9. The van der Waals surface area contributed by atoms with Crippen molar-refractivity contribution in [2.24, 2.45) is 0 Å². The molecule has 4 rings (SSSR count). The number of amides is 1. The van der Waals surface area contributed by atoms with E-state index in [1.807, 2.05) is 50.2 Å². The van der Waals surface area contributed by atoms with Crippen molar-refractivity contribution in [3.05, 3.63) is 70.5 Å². The number of para-hydroxylation sites is 1. The molecule has 0 atom stereocenters. The molecule has 0 saturated carbocycles. The van der Waals surface area contributed by atoms with Crippen LogP contribution in [0, 0.1) is 6.92 Å². The fourth-order valence-corrected chi connectivity index (χ4v) is 3.29. The molecule has 1 amide bonds. The van der Waals surface area contributed by atoms with E-state index in [1.165, 1.54) is 4.68 Å². The lowest BCUT2D eigenvalue weighted by Crippen LogP contribution is -2.36. The van der Waals surface area contributed by atoms with Gasteiger partial charge in [0.2, 0.25) is 5.91 Å². The van der Waals surface area contributed by atoms with Crippen LogP contribution in [0.1, 0.15) is 18.2 Å². The van der Waals surface area contributed by atoms with E-state index < -0.39 is 0 Å². The second-order valence-corrected chi connectivity index (χ2v) is 6.47. The number of carbonyl (C=O) groups is 1. The first-order chi connectivity index (χ1) is 13.1. The Morgan fingerprint density at radius 3 is 2.78 bits per heavy atom. The highest BCUT2D eigenvalue weighted by molar-refractivity contribution is 5.83. The van der Waals surface area contributed by atoms with E-state index in [2.05, 4.69) is 5.10 Å². The first-order valence-electron chi connectivity index (χ1n) is 8.86. The Balaban J connectivity index is 1.70. The van der Waals surface area contributed by atoms with Crippen LogP contribution in [0.3, 0.4) is 0 Å². The van der Waals surface area contributed by atoms with Gasteiger partial charge >= 0.3 is 5.69 Å². The van der Waals surface area contributed by atoms with Gasteiger partial charge in [0.1, 0.15) is 12.3 Å². The number of aromatic nitrogens is 3. The van der Waals surface area contributed by atoms with Crippen molar-refractivity contribution < 1.29 is 9.21 Å². The van der Waals surface area contributed by atoms with Crippen LogP contribution in [0.25, 0.3) is 16.6 Å². The van der Waals surface area contributed by atoms with Gasteiger partial charge < -0.3 is 9.32 Å². The van der Waals surface area contributed by atoms with Gasteiger partial charge in [0.05, 0.1) is 18.3 Å². The zero-order valence-electron chi connectivity index (χ0n) is 15.3. The Hall–Kier alpha value is -3.35. The van der Waals surface area contributed by atoms with Gasteiger partial charge in [-0.25, -0.2) is 13.9 Å². The number of aryl methyl sites for hydroxylation is 1. The van der Waals surface area contributed by atoms with Crippen LogP contribution in [0.15, 0.2) is 57.9 Å². The number of hydrogen-bond donors (Lipinski definition) is 0. The summed E-state index contributed by atoms with van der Waals surface area (Å²) in [6.07, 6.45) is 1.58. The highest BCUT2D eigenvalue weighted by Crippen LogP contribution is 2.18. The smallest absolute Gasteiger partial charge is 0.351 e. The molecule has 3 aromatic heterocycles. The van der Waals surface area contributed by atoms with Gasteiger partial charge in [-0.15, -0.1) is 5.10 Å². The highest BCUT2D eigenvalue weighted by atomic mass is 16.3. The number of fused-ring (bicyclic) bond motifs is 3. The summed E-state index contributed by atoms with van der Waals surface area (Å²) in [5.41, 5.74) is 1.93. The number of hydrogen-bond acceptors (Lipinski definition) is 4. The molecule has 0 unspecified atom stereocenters. The lowest BCUT2D eigenvalue weighted by Gasteiger charge is -2.19. The predicted molar refractivity (Wildman–Crippen MR) is 101 cm³/mol. The van der Waals surface area contributed by atoms with Gasteiger partial charge in [0.15, 0.2) is 5.65 Å². The Morgan fingerprint density at radius 1 is 1.22 bits per heavy atom. The molecule has 0 bridgehead atoms. The fraction of sp³-hybridized carbons (Fsp3) is 0.250. The van der Waals surface area contributed by atoms with E-state index in [-0.39, 0.29) is 18.1 Å². The Morgan fingerprint density at radius 2 is 2.04 bits per heavy atom. The minimum atomic E-state index is -0.313. The summed E-state index contributed by atoms with van der Waals surface area (Å²) in [6, 6.07) is 13.3. The van der Waals surface area contributed by atoms with Crippen molar-refractivity contribution in [3.63, 3.8) is 0 Å². The van der Waals surface area contributed by atoms with Crippen LogP contribution in [0.5, 0.6) is 0 Å². The number of likely N-dealkylation sites (N-methyl/N-ethyl adjacent to an activating group) is 1. The molecular formula is C20H20N4O3. The van der Waals surface area contributed by atoms with Crippen molar-refractivity contribution in [2.45, 2.75) is 26.9 Å².